The second-order valence-electron chi connectivity index (χ2n) is 9.09. The average molecular weight is 485 g/mol. The van der Waals surface area contributed by atoms with Crippen LogP contribution in [-0.4, -0.2) is 67.7 Å². The van der Waals surface area contributed by atoms with Crippen LogP contribution in [0.2, 0.25) is 10.0 Å². The molecule has 7 heteroatoms. The Bertz CT molecular complexity index is 702. The molecule has 0 radical (unpaired) electrons. The standard InChI is InChI=1S/C25H38Cl2N2O3/c1-2-31-25(30)6-4-3-5-13-28-14-9-20(10-15-28)19-29-16-11-21(12-17-29)32-22-7-8-23(26)24(27)18-22/h7-8,18,20-21H,2-6,9-17,19H2,1H3. The van der Waals surface area contributed by atoms with Gasteiger partial charge in [0.15, 0.2) is 0 Å². The normalized spacial score (nSPS) is 19.2. The van der Waals surface area contributed by atoms with Crippen LogP contribution in [0, 0.1) is 5.92 Å². The summed E-state index contributed by atoms with van der Waals surface area (Å²) in [7, 11) is 0. The van der Waals surface area contributed by atoms with Gasteiger partial charge in [-0.3, -0.25) is 4.79 Å². The Balaban J connectivity index is 1.24. The Labute approximate surface area is 203 Å². The van der Waals surface area contributed by atoms with Crippen LogP contribution in [-0.2, 0) is 9.53 Å². The summed E-state index contributed by atoms with van der Waals surface area (Å²) in [6.07, 6.45) is 8.76. The second kappa shape index (κ2) is 13.6. The molecule has 3 rings (SSSR count). The lowest BCUT2D eigenvalue weighted by Gasteiger charge is -2.37. The lowest BCUT2D eigenvalue weighted by Crippen LogP contribution is -2.43. The van der Waals surface area contributed by atoms with E-state index in [9.17, 15) is 4.79 Å². The molecule has 2 aliphatic heterocycles. The van der Waals surface area contributed by atoms with Crippen LogP contribution < -0.4 is 4.74 Å². The zero-order valence-electron chi connectivity index (χ0n) is 19.4. The zero-order chi connectivity index (χ0) is 22.8. The number of piperidine rings is 2. The molecule has 0 unspecified atom stereocenters. The van der Waals surface area contributed by atoms with E-state index in [-0.39, 0.29) is 12.1 Å². The van der Waals surface area contributed by atoms with Gasteiger partial charge in [-0.15, -0.1) is 0 Å². The van der Waals surface area contributed by atoms with Gasteiger partial charge in [0.05, 0.1) is 16.7 Å². The van der Waals surface area contributed by atoms with Crippen molar-refractivity contribution in [2.75, 3.05) is 45.9 Å². The van der Waals surface area contributed by atoms with Gasteiger partial charge in [0.1, 0.15) is 11.9 Å². The van der Waals surface area contributed by atoms with E-state index in [4.69, 9.17) is 32.7 Å². The van der Waals surface area contributed by atoms with Crippen molar-refractivity contribution in [2.45, 2.75) is 64.4 Å². The molecule has 0 atom stereocenters. The van der Waals surface area contributed by atoms with E-state index in [1.54, 1.807) is 6.07 Å². The van der Waals surface area contributed by atoms with Crippen LogP contribution in [0.4, 0.5) is 0 Å². The number of ether oxygens (including phenoxy) is 2. The van der Waals surface area contributed by atoms with E-state index in [0.29, 0.717) is 23.1 Å². The van der Waals surface area contributed by atoms with Gasteiger partial charge < -0.3 is 19.3 Å². The molecule has 0 spiro atoms. The maximum Gasteiger partial charge on any atom is 0.305 e. The third-order valence-corrected chi connectivity index (χ3v) is 7.35. The number of carbonyl (C=O) groups excluding carboxylic acids is 1. The number of hydrogen-bond donors (Lipinski definition) is 0. The summed E-state index contributed by atoms with van der Waals surface area (Å²) in [5.74, 6) is 1.56. The maximum absolute atomic E-state index is 11.4. The number of rotatable bonds is 11. The number of benzene rings is 1. The first kappa shape index (κ1) is 25.6. The Morgan fingerprint density at radius 2 is 1.69 bits per heavy atom. The molecule has 1 aromatic carbocycles. The van der Waals surface area contributed by atoms with Gasteiger partial charge in [0, 0.05) is 32.1 Å². The molecular weight excluding hydrogens is 447 g/mol. The first-order valence-corrected chi connectivity index (χ1v) is 13.0. The number of hydrogen-bond acceptors (Lipinski definition) is 5. The van der Waals surface area contributed by atoms with Crippen LogP contribution in [0.15, 0.2) is 18.2 Å². The van der Waals surface area contributed by atoms with Crippen molar-refractivity contribution in [2.24, 2.45) is 5.92 Å². The maximum atomic E-state index is 11.4. The Hall–Kier alpha value is -1.01. The number of carbonyl (C=O) groups is 1. The van der Waals surface area contributed by atoms with Crippen molar-refractivity contribution in [3.05, 3.63) is 28.2 Å². The molecule has 0 bridgehead atoms. The molecule has 0 aromatic heterocycles. The first-order valence-electron chi connectivity index (χ1n) is 12.3. The molecule has 1 aromatic rings. The van der Waals surface area contributed by atoms with Crippen molar-refractivity contribution >= 4 is 29.2 Å². The molecule has 0 aliphatic carbocycles. The van der Waals surface area contributed by atoms with E-state index >= 15 is 0 Å². The minimum atomic E-state index is -0.0571. The van der Waals surface area contributed by atoms with Crippen molar-refractivity contribution < 1.29 is 14.3 Å². The summed E-state index contributed by atoms with van der Waals surface area (Å²) in [6.45, 7) is 9.34. The molecule has 2 heterocycles. The summed E-state index contributed by atoms with van der Waals surface area (Å²) >= 11 is 12.1. The van der Waals surface area contributed by atoms with Gasteiger partial charge in [0.2, 0.25) is 0 Å². The lowest BCUT2D eigenvalue weighted by atomic mass is 9.95. The minimum Gasteiger partial charge on any atom is -0.490 e. The fraction of sp³-hybridized carbons (Fsp3) is 0.720. The summed E-state index contributed by atoms with van der Waals surface area (Å²) in [5, 5.41) is 1.11. The highest BCUT2D eigenvalue weighted by atomic mass is 35.5. The van der Waals surface area contributed by atoms with E-state index in [2.05, 4.69) is 9.80 Å². The van der Waals surface area contributed by atoms with E-state index in [1.807, 2.05) is 19.1 Å². The molecule has 2 saturated heterocycles. The number of halogens is 2. The monoisotopic (exact) mass is 484 g/mol. The van der Waals surface area contributed by atoms with Crippen molar-refractivity contribution in [1.82, 2.24) is 9.80 Å². The largest absolute Gasteiger partial charge is 0.490 e. The van der Waals surface area contributed by atoms with Crippen LogP contribution >= 0.6 is 23.2 Å². The topological polar surface area (TPSA) is 42.0 Å². The summed E-state index contributed by atoms with van der Waals surface area (Å²) in [6, 6.07) is 5.50. The fourth-order valence-electron chi connectivity index (χ4n) is 4.72. The second-order valence-corrected chi connectivity index (χ2v) is 9.91. The van der Waals surface area contributed by atoms with Crippen LogP contribution in [0.5, 0.6) is 5.75 Å². The molecule has 2 aliphatic rings. The molecule has 0 amide bonds. The van der Waals surface area contributed by atoms with Gasteiger partial charge >= 0.3 is 5.97 Å². The molecule has 0 N–H and O–H groups in total. The number of esters is 1. The van der Waals surface area contributed by atoms with E-state index in [0.717, 1.165) is 57.0 Å². The predicted molar refractivity (Wildman–Crippen MR) is 131 cm³/mol. The lowest BCUT2D eigenvalue weighted by molar-refractivity contribution is -0.143. The Morgan fingerprint density at radius 1 is 0.969 bits per heavy atom. The smallest absolute Gasteiger partial charge is 0.305 e. The van der Waals surface area contributed by atoms with Gasteiger partial charge in [-0.05, 0) is 83.1 Å². The SMILES string of the molecule is CCOC(=O)CCCCCN1CCC(CN2CCC(Oc3ccc(Cl)c(Cl)c3)CC2)CC1. The summed E-state index contributed by atoms with van der Waals surface area (Å²) in [5.41, 5.74) is 0. The van der Waals surface area contributed by atoms with Crippen molar-refractivity contribution in [3.8, 4) is 5.75 Å². The zero-order valence-corrected chi connectivity index (χ0v) is 20.9. The predicted octanol–water partition coefficient (Wildman–Crippen LogP) is 5.67. The van der Waals surface area contributed by atoms with Gasteiger partial charge in [-0.1, -0.05) is 29.6 Å². The van der Waals surface area contributed by atoms with E-state index in [1.165, 1.54) is 38.9 Å². The first-order chi connectivity index (χ1) is 15.5. The highest BCUT2D eigenvalue weighted by molar-refractivity contribution is 6.42. The summed E-state index contributed by atoms with van der Waals surface area (Å²) < 4.78 is 11.1. The van der Waals surface area contributed by atoms with Crippen molar-refractivity contribution in [1.29, 1.82) is 0 Å². The van der Waals surface area contributed by atoms with Gasteiger partial charge in [-0.25, -0.2) is 0 Å². The highest BCUT2D eigenvalue weighted by Crippen LogP contribution is 2.28. The minimum absolute atomic E-state index is 0.0571. The average Bonchev–Trinajstić information content (AvgIpc) is 2.79. The molecular formula is C25H38Cl2N2O3. The van der Waals surface area contributed by atoms with Crippen LogP contribution in [0.3, 0.4) is 0 Å². The highest BCUT2D eigenvalue weighted by Gasteiger charge is 2.25. The van der Waals surface area contributed by atoms with Gasteiger partial charge in [-0.2, -0.15) is 0 Å². The summed E-state index contributed by atoms with van der Waals surface area (Å²) in [4.78, 5) is 16.6. The number of nitrogens with zero attached hydrogens (tertiary/aromatic N) is 2. The van der Waals surface area contributed by atoms with Crippen molar-refractivity contribution in [3.63, 3.8) is 0 Å². The van der Waals surface area contributed by atoms with E-state index < -0.39 is 0 Å². The molecule has 5 nitrogen and oxygen atoms in total. The molecule has 2 fully saturated rings. The Morgan fingerprint density at radius 3 is 2.38 bits per heavy atom. The third-order valence-electron chi connectivity index (χ3n) is 6.61. The third kappa shape index (κ3) is 8.74. The van der Waals surface area contributed by atoms with Gasteiger partial charge in [0.25, 0.3) is 0 Å². The van der Waals surface area contributed by atoms with Crippen LogP contribution in [0.25, 0.3) is 0 Å². The Kier molecular flexibility index (Phi) is 10.9. The molecule has 180 valence electrons. The quantitative estimate of drug-likeness (QED) is 0.298. The number of unbranched alkanes of at least 4 members (excludes halogenated alkanes) is 2. The van der Waals surface area contributed by atoms with Crippen LogP contribution in [0.1, 0.15) is 58.3 Å². The number of likely N-dealkylation sites (tertiary alicyclic amines) is 2. The fourth-order valence-corrected chi connectivity index (χ4v) is 5.01. The molecule has 32 heavy (non-hydrogen) atoms. The molecule has 0 saturated carbocycles.